The topological polar surface area (TPSA) is 88.5 Å². The molecule has 3 heterocycles. The van der Waals surface area contributed by atoms with E-state index in [2.05, 4.69) is 9.80 Å². The molecule has 0 saturated carbocycles. The number of piperidine rings is 1. The Bertz CT molecular complexity index is 1110. The third-order valence-electron chi connectivity index (χ3n) is 7.49. The summed E-state index contributed by atoms with van der Waals surface area (Å²) < 4.78 is 16.4. The van der Waals surface area contributed by atoms with Crippen LogP contribution in [0.5, 0.6) is 17.2 Å². The van der Waals surface area contributed by atoms with E-state index in [1.807, 2.05) is 48.4 Å². The van der Waals surface area contributed by atoms with E-state index in [1.54, 1.807) is 13.2 Å². The molecule has 0 spiro atoms. The van der Waals surface area contributed by atoms with E-state index in [4.69, 9.17) is 14.2 Å². The highest BCUT2D eigenvalue weighted by Crippen LogP contribution is 2.45. The molecule has 4 unspecified atom stereocenters. The van der Waals surface area contributed by atoms with Gasteiger partial charge in [0.1, 0.15) is 11.7 Å². The van der Waals surface area contributed by atoms with Crippen LogP contribution < -0.4 is 14.2 Å². The van der Waals surface area contributed by atoms with Crippen LogP contribution in [0.1, 0.15) is 35.8 Å². The first-order valence-corrected chi connectivity index (χ1v) is 12.0. The molecule has 35 heavy (non-hydrogen) atoms. The van der Waals surface area contributed by atoms with Crippen molar-refractivity contribution >= 4 is 11.9 Å². The van der Waals surface area contributed by atoms with E-state index in [-0.39, 0.29) is 24.8 Å². The molecule has 8 nitrogen and oxygen atoms in total. The van der Waals surface area contributed by atoms with Crippen LogP contribution in [0.15, 0.2) is 48.5 Å². The number of likely N-dealkylation sites (tertiary alicyclic amines) is 2. The Labute approximate surface area is 204 Å². The average Bonchev–Trinajstić information content (AvgIpc) is 3.58. The van der Waals surface area contributed by atoms with Crippen molar-refractivity contribution < 1.29 is 28.9 Å². The first-order valence-electron chi connectivity index (χ1n) is 12.0. The maximum atomic E-state index is 12.8. The molecular formula is C27H30N2O6. The number of benzene rings is 2. The van der Waals surface area contributed by atoms with E-state index in [0.29, 0.717) is 24.6 Å². The van der Waals surface area contributed by atoms with Crippen LogP contribution in [0.4, 0.5) is 0 Å². The number of hydrogen-bond donors (Lipinski definition) is 1. The van der Waals surface area contributed by atoms with Crippen molar-refractivity contribution in [3.05, 3.63) is 59.7 Å². The van der Waals surface area contributed by atoms with Crippen molar-refractivity contribution in [3.8, 4) is 17.2 Å². The molecule has 5 rings (SSSR count). The quantitative estimate of drug-likeness (QED) is 0.608. The zero-order chi connectivity index (χ0) is 24.4. The van der Waals surface area contributed by atoms with Gasteiger partial charge in [-0.15, -0.1) is 0 Å². The van der Waals surface area contributed by atoms with Gasteiger partial charge >= 0.3 is 5.97 Å². The van der Waals surface area contributed by atoms with E-state index in [9.17, 15) is 14.7 Å². The minimum atomic E-state index is -0.836. The van der Waals surface area contributed by atoms with Gasteiger partial charge in [-0.3, -0.25) is 14.6 Å². The summed E-state index contributed by atoms with van der Waals surface area (Å²) in [5.74, 6) is 1.94. The van der Waals surface area contributed by atoms with Crippen molar-refractivity contribution in [1.82, 2.24) is 9.80 Å². The molecule has 2 aromatic carbocycles. The summed E-state index contributed by atoms with van der Waals surface area (Å²) in [4.78, 5) is 28.8. The highest BCUT2D eigenvalue weighted by molar-refractivity contribution is 5.73. The zero-order valence-corrected chi connectivity index (χ0v) is 19.8. The van der Waals surface area contributed by atoms with Gasteiger partial charge in [0.2, 0.25) is 6.79 Å². The van der Waals surface area contributed by atoms with Crippen molar-refractivity contribution in [2.45, 2.75) is 30.8 Å². The largest absolute Gasteiger partial charge is 0.497 e. The second-order valence-electron chi connectivity index (χ2n) is 9.36. The molecule has 0 radical (unpaired) electrons. The predicted octanol–water partition coefficient (Wildman–Crippen LogP) is 3.12. The van der Waals surface area contributed by atoms with Crippen LogP contribution in [-0.4, -0.2) is 73.1 Å². The Balaban J connectivity index is 1.57. The van der Waals surface area contributed by atoms with Crippen LogP contribution in [0.25, 0.3) is 0 Å². The summed E-state index contributed by atoms with van der Waals surface area (Å²) in [5.41, 5.74) is 1.82. The van der Waals surface area contributed by atoms with Gasteiger partial charge in [0.05, 0.1) is 19.2 Å². The normalized spacial score (nSPS) is 25.1. The minimum absolute atomic E-state index is 0.160. The average molecular weight is 479 g/mol. The number of hydrogen-bond acceptors (Lipinski definition) is 7. The fraction of sp³-hybridized carbons (Fsp3) is 0.444. The zero-order valence-electron chi connectivity index (χ0n) is 19.8. The monoisotopic (exact) mass is 478 g/mol. The van der Waals surface area contributed by atoms with Crippen LogP contribution in [0.2, 0.25) is 0 Å². The van der Waals surface area contributed by atoms with E-state index < -0.39 is 11.9 Å². The summed E-state index contributed by atoms with van der Waals surface area (Å²) in [5, 5.41) is 10.5. The van der Waals surface area contributed by atoms with E-state index >= 15 is 0 Å². The van der Waals surface area contributed by atoms with Gasteiger partial charge in [-0.25, -0.2) is 4.79 Å². The summed E-state index contributed by atoms with van der Waals surface area (Å²) >= 11 is 0. The highest BCUT2D eigenvalue weighted by Gasteiger charge is 2.45. The van der Waals surface area contributed by atoms with Crippen LogP contribution in [0, 0.1) is 5.92 Å². The lowest BCUT2D eigenvalue weighted by Gasteiger charge is -2.46. The number of carbonyl (C=O) groups is 1. The maximum absolute atomic E-state index is 12.8. The number of ether oxygens (including phenoxy) is 3. The molecule has 1 N–H and O–H groups in total. The van der Waals surface area contributed by atoms with Crippen molar-refractivity contribution in [1.29, 1.82) is 0 Å². The summed E-state index contributed by atoms with van der Waals surface area (Å²) in [6.07, 6.45) is 3.53. The summed E-state index contributed by atoms with van der Waals surface area (Å²) in [6, 6.07) is 13.3. The second-order valence-corrected chi connectivity index (χ2v) is 9.36. The van der Waals surface area contributed by atoms with Gasteiger partial charge in [-0.05, 0) is 61.3 Å². The smallest absolute Gasteiger partial charge is 0.307 e. The molecular weight excluding hydrogens is 448 g/mol. The van der Waals surface area contributed by atoms with Gasteiger partial charge in [-0.1, -0.05) is 18.2 Å². The molecule has 0 amide bonds. The molecule has 3 aliphatic rings. The Kier molecular flexibility index (Phi) is 6.77. The lowest BCUT2D eigenvalue weighted by atomic mass is 9.71. The molecule has 8 heteroatoms. The number of rotatable bonds is 7. The predicted molar refractivity (Wildman–Crippen MR) is 129 cm³/mol. The van der Waals surface area contributed by atoms with Gasteiger partial charge < -0.3 is 19.3 Å². The molecule has 4 atom stereocenters. The highest BCUT2D eigenvalue weighted by atomic mass is 16.7. The van der Waals surface area contributed by atoms with Crippen LogP contribution >= 0.6 is 0 Å². The van der Waals surface area contributed by atoms with Gasteiger partial charge in [-0.2, -0.15) is 0 Å². The molecule has 184 valence electrons. The molecule has 0 aliphatic carbocycles. The van der Waals surface area contributed by atoms with Crippen molar-refractivity contribution in [2.75, 3.05) is 40.1 Å². The number of methoxy groups -OCH3 is 1. The maximum Gasteiger partial charge on any atom is 0.307 e. The third kappa shape index (κ3) is 4.65. The fourth-order valence-corrected chi connectivity index (χ4v) is 5.78. The van der Waals surface area contributed by atoms with Crippen LogP contribution in [-0.2, 0) is 9.59 Å². The SMILES string of the molecule is COc1ccc(C2CN(C(C=C=O)N3CCCC3)CC(c3ccc4c(c3)OCO4)C2C(=O)O)cc1. The second kappa shape index (κ2) is 10.1. The molecule has 0 aromatic heterocycles. The van der Waals surface area contributed by atoms with Crippen molar-refractivity contribution in [2.24, 2.45) is 5.92 Å². The molecule has 3 aliphatic heterocycles. The van der Waals surface area contributed by atoms with Gasteiger partial charge in [0.15, 0.2) is 11.5 Å². The Morgan fingerprint density at radius 1 is 1.03 bits per heavy atom. The molecule has 2 saturated heterocycles. The molecule has 2 fully saturated rings. The number of carbonyl (C=O) groups excluding carboxylic acids is 1. The minimum Gasteiger partial charge on any atom is -0.497 e. The van der Waals surface area contributed by atoms with E-state index in [0.717, 1.165) is 42.8 Å². The lowest BCUT2D eigenvalue weighted by Crippen LogP contribution is -2.54. The Hall–Kier alpha value is -3.32. The number of nitrogens with zero attached hydrogens (tertiary/aromatic N) is 2. The number of aliphatic carboxylic acids is 1. The first kappa shape index (κ1) is 23.4. The van der Waals surface area contributed by atoms with Crippen molar-refractivity contribution in [3.63, 3.8) is 0 Å². The summed E-state index contributed by atoms with van der Waals surface area (Å²) in [6.45, 7) is 2.99. The Morgan fingerprint density at radius 3 is 2.34 bits per heavy atom. The number of carboxylic acid groups (broad SMARTS) is 1. The van der Waals surface area contributed by atoms with Gasteiger partial charge in [0, 0.05) is 31.0 Å². The third-order valence-corrected chi connectivity index (χ3v) is 7.49. The van der Waals surface area contributed by atoms with Crippen LogP contribution in [0.3, 0.4) is 0 Å². The fourth-order valence-electron chi connectivity index (χ4n) is 5.78. The number of fused-ring (bicyclic) bond motifs is 1. The lowest BCUT2D eigenvalue weighted by molar-refractivity contribution is -0.145. The van der Waals surface area contributed by atoms with E-state index in [1.165, 1.54) is 0 Å². The standard InChI is InChI=1S/C27H30N2O6/c1-33-20-7-4-18(5-8-20)21-15-29(25(10-13-30)28-11-2-3-12-28)16-22(26(21)27(31)32)19-6-9-23-24(14-19)35-17-34-23/h4-10,14,21-22,25-26H,2-3,11-12,15-17H2,1H3,(H,31,32). The first-order chi connectivity index (χ1) is 17.1. The summed E-state index contributed by atoms with van der Waals surface area (Å²) in [7, 11) is 1.61. The molecule has 2 aromatic rings. The van der Waals surface area contributed by atoms with Gasteiger partial charge in [0.25, 0.3) is 0 Å². The Morgan fingerprint density at radius 2 is 1.69 bits per heavy atom. The molecule has 0 bridgehead atoms. The number of carboxylic acids is 1.